The summed E-state index contributed by atoms with van der Waals surface area (Å²) in [5, 5.41) is 19.7. The van der Waals surface area contributed by atoms with E-state index in [1.165, 1.54) is 19.3 Å². The average Bonchev–Trinajstić information content (AvgIpc) is 3.16. The fraction of sp³-hybridized carbons (Fsp3) is 0.824. The number of hydrogen-bond acceptors (Lipinski definition) is 7. The third kappa shape index (κ3) is 3.76. The Bertz CT molecular complexity index is 624. The number of aliphatic hydroxyl groups is 1. The van der Waals surface area contributed by atoms with Crippen molar-refractivity contribution >= 4 is 18.0 Å². The molecule has 4 atom stereocenters. The molecule has 0 bridgehead atoms. The van der Waals surface area contributed by atoms with Crippen molar-refractivity contribution in [2.75, 3.05) is 19.7 Å². The Morgan fingerprint density at radius 1 is 1.41 bits per heavy atom. The first kappa shape index (κ1) is 19.5. The van der Waals surface area contributed by atoms with E-state index < -0.39 is 17.9 Å². The molecule has 0 aromatic heterocycles. The molecule has 0 aromatic carbocycles. The average molecular weight is 383 g/mol. The molecule has 3 aliphatic rings. The van der Waals surface area contributed by atoms with Gasteiger partial charge in [0.25, 0.3) is 5.66 Å². The zero-order valence-corrected chi connectivity index (χ0v) is 16.0. The largest absolute Gasteiger partial charge is 0.446 e. The van der Waals surface area contributed by atoms with Crippen LogP contribution in [0.4, 0.5) is 4.79 Å². The number of unbranched alkanes of at least 4 members (excludes halogenated alkanes) is 4. The molecule has 0 aromatic rings. The minimum Gasteiger partial charge on any atom is -0.446 e. The van der Waals surface area contributed by atoms with Gasteiger partial charge in [-0.05, 0) is 6.42 Å². The minimum absolute atomic E-state index is 0.108. The third-order valence-electron chi connectivity index (χ3n) is 5.67. The number of aliphatic hydroxyl groups excluding tert-OH is 1. The van der Waals surface area contributed by atoms with Gasteiger partial charge < -0.3 is 15.2 Å². The first-order valence-corrected chi connectivity index (χ1v) is 9.91. The van der Waals surface area contributed by atoms with E-state index in [0.29, 0.717) is 31.4 Å². The van der Waals surface area contributed by atoms with Crippen LogP contribution in [0.1, 0.15) is 45.4 Å². The van der Waals surface area contributed by atoms with E-state index in [1.54, 1.807) is 0 Å². The lowest BCUT2D eigenvalue weighted by Gasteiger charge is -2.37. The summed E-state index contributed by atoms with van der Waals surface area (Å²) in [4.78, 5) is 15.1. The maximum Gasteiger partial charge on any atom is 0.407 e. The molecule has 9 N–H and O–H groups in total. The molecule has 27 heavy (non-hydrogen) atoms. The highest BCUT2D eigenvalue weighted by atomic mass is 16.5. The molecule has 4 unspecified atom stereocenters. The van der Waals surface area contributed by atoms with Crippen molar-refractivity contribution in [3.05, 3.63) is 0 Å². The van der Waals surface area contributed by atoms with Crippen LogP contribution in [0.2, 0.25) is 0 Å². The van der Waals surface area contributed by atoms with Gasteiger partial charge in [-0.3, -0.25) is 21.8 Å². The van der Waals surface area contributed by atoms with Crippen molar-refractivity contribution in [3.63, 3.8) is 0 Å². The van der Waals surface area contributed by atoms with Crippen molar-refractivity contribution in [1.29, 1.82) is 0 Å². The van der Waals surface area contributed by atoms with Crippen molar-refractivity contribution < 1.29 is 24.2 Å². The Labute approximate surface area is 159 Å². The van der Waals surface area contributed by atoms with Gasteiger partial charge in [-0.15, -0.1) is 0 Å². The number of hydrogen-bond donors (Lipinski definition) is 7. The number of guanidine groups is 2. The van der Waals surface area contributed by atoms with Crippen molar-refractivity contribution in [2.24, 2.45) is 11.5 Å². The van der Waals surface area contributed by atoms with Crippen molar-refractivity contribution in [2.45, 2.75) is 69.3 Å². The van der Waals surface area contributed by atoms with Crippen LogP contribution in [0.15, 0.2) is 0 Å². The fourth-order valence-corrected chi connectivity index (χ4v) is 4.32. The summed E-state index contributed by atoms with van der Waals surface area (Å²) in [5.74, 6) is 0.820. The molecule has 1 amide bonds. The Morgan fingerprint density at radius 3 is 2.96 bits per heavy atom. The van der Waals surface area contributed by atoms with Crippen molar-refractivity contribution in [3.8, 4) is 0 Å². The SMILES string of the molecule is CCCCCCCNC(=O)OCC1NC(N)=[N+]2CCC(O)C23NC(N)=[NH+]C13. The number of rotatable bonds is 8. The highest BCUT2D eigenvalue weighted by molar-refractivity contribution is 5.78. The Kier molecular flexibility index (Phi) is 5.93. The van der Waals surface area contributed by atoms with Gasteiger partial charge in [0, 0.05) is 13.0 Å². The molecule has 3 aliphatic heterocycles. The van der Waals surface area contributed by atoms with E-state index in [9.17, 15) is 9.90 Å². The van der Waals surface area contributed by atoms with E-state index in [-0.39, 0.29) is 18.7 Å². The van der Waals surface area contributed by atoms with E-state index in [1.807, 2.05) is 4.58 Å². The van der Waals surface area contributed by atoms with Gasteiger partial charge in [-0.25, -0.2) is 14.7 Å². The summed E-state index contributed by atoms with van der Waals surface area (Å²) < 4.78 is 7.27. The first-order chi connectivity index (χ1) is 13.0. The maximum atomic E-state index is 12.0. The summed E-state index contributed by atoms with van der Waals surface area (Å²) >= 11 is 0. The topological polar surface area (TPSA) is 152 Å². The van der Waals surface area contributed by atoms with E-state index >= 15 is 0 Å². The third-order valence-corrected chi connectivity index (χ3v) is 5.67. The number of nitrogens with zero attached hydrogens (tertiary/aromatic N) is 1. The number of carbonyl (C=O) groups is 1. The summed E-state index contributed by atoms with van der Waals surface area (Å²) in [6.45, 7) is 3.50. The Hall–Kier alpha value is -2.23. The minimum atomic E-state index is -0.816. The predicted octanol–water partition coefficient (Wildman–Crippen LogP) is -3.19. The van der Waals surface area contributed by atoms with Gasteiger partial charge in [0.2, 0.25) is 0 Å². The lowest BCUT2D eigenvalue weighted by molar-refractivity contribution is -0.660. The van der Waals surface area contributed by atoms with E-state index in [2.05, 4.69) is 27.9 Å². The number of carbonyl (C=O) groups excluding carboxylic acids is 1. The maximum absolute atomic E-state index is 12.0. The predicted molar refractivity (Wildman–Crippen MR) is 99.8 cm³/mol. The zero-order valence-electron chi connectivity index (χ0n) is 16.0. The Balaban J connectivity index is 1.53. The van der Waals surface area contributed by atoms with Crippen LogP contribution in [-0.2, 0) is 4.74 Å². The molecule has 10 heteroatoms. The second-order valence-corrected chi connectivity index (χ2v) is 7.52. The van der Waals surface area contributed by atoms with Gasteiger partial charge in [0.05, 0.1) is 6.54 Å². The summed E-state index contributed by atoms with van der Waals surface area (Å²) in [6.07, 6.45) is 5.15. The smallest absolute Gasteiger partial charge is 0.407 e. The van der Waals surface area contributed by atoms with Gasteiger partial charge in [-0.1, -0.05) is 32.6 Å². The lowest BCUT2D eigenvalue weighted by atomic mass is 9.89. The van der Waals surface area contributed by atoms with Gasteiger partial charge in [0.15, 0.2) is 6.04 Å². The van der Waals surface area contributed by atoms with Crippen LogP contribution >= 0.6 is 0 Å². The number of nitrogens with two attached hydrogens (primary N) is 2. The molecular formula is C17H33N7O3+2. The molecule has 10 nitrogen and oxygen atoms in total. The molecule has 1 spiro atoms. The van der Waals surface area contributed by atoms with Gasteiger partial charge >= 0.3 is 18.0 Å². The fourth-order valence-electron chi connectivity index (χ4n) is 4.32. The zero-order chi connectivity index (χ0) is 19.4. The number of ether oxygens (including phenoxy) is 1. The molecule has 3 rings (SSSR count). The second-order valence-electron chi connectivity index (χ2n) is 7.52. The molecule has 0 saturated carbocycles. The monoisotopic (exact) mass is 383 g/mol. The second kappa shape index (κ2) is 8.20. The number of amides is 1. The summed E-state index contributed by atoms with van der Waals surface area (Å²) in [5.41, 5.74) is 11.3. The highest BCUT2D eigenvalue weighted by Crippen LogP contribution is 2.30. The van der Waals surface area contributed by atoms with E-state index in [4.69, 9.17) is 16.2 Å². The molecule has 3 heterocycles. The van der Waals surface area contributed by atoms with Crippen LogP contribution in [0.3, 0.4) is 0 Å². The molecule has 152 valence electrons. The Morgan fingerprint density at radius 2 is 2.19 bits per heavy atom. The number of alkyl carbamates (subject to hydrolysis) is 1. The molecule has 0 radical (unpaired) electrons. The molecule has 1 saturated heterocycles. The van der Waals surface area contributed by atoms with Crippen LogP contribution in [0, 0.1) is 0 Å². The molecular weight excluding hydrogens is 350 g/mol. The van der Waals surface area contributed by atoms with Gasteiger partial charge in [0.1, 0.15) is 18.8 Å². The first-order valence-electron chi connectivity index (χ1n) is 9.91. The normalized spacial score (nSPS) is 31.5. The molecule has 0 aliphatic carbocycles. The molecule has 1 fully saturated rings. The lowest BCUT2D eigenvalue weighted by Crippen LogP contribution is -2.90. The van der Waals surface area contributed by atoms with Crippen LogP contribution in [0.5, 0.6) is 0 Å². The van der Waals surface area contributed by atoms with E-state index in [0.717, 1.165) is 12.8 Å². The van der Waals surface area contributed by atoms with Crippen LogP contribution < -0.4 is 32.4 Å². The standard InChI is InChI=1S/C17H31N7O3/c1-2-3-4-5-6-8-20-16(26)27-10-11-13-17(23-14(18)22-13)12(25)7-9-24(17)15(19)21-11/h11-13,25H,2-10H2,1H3,(H6,18,19,20,21,22,23,26)/p+2. The van der Waals surface area contributed by atoms with Crippen LogP contribution in [0.25, 0.3) is 0 Å². The number of nitrogens with one attached hydrogen (secondary N) is 4. The highest BCUT2D eigenvalue weighted by Gasteiger charge is 2.67. The quantitative estimate of drug-likeness (QED) is 0.172. The summed E-state index contributed by atoms with van der Waals surface area (Å²) in [6, 6.07) is -0.609. The summed E-state index contributed by atoms with van der Waals surface area (Å²) in [7, 11) is 0. The van der Waals surface area contributed by atoms with Crippen molar-refractivity contribution in [1.82, 2.24) is 16.0 Å². The van der Waals surface area contributed by atoms with Gasteiger partial charge in [-0.2, -0.15) is 0 Å². The van der Waals surface area contributed by atoms with Crippen LogP contribution in [-0.4, -0.2) is 71.2 Å².